The molecule has 2 heterocycles. The third-order valence-electron chi connectivity index (χ3n) is 3.83. The largest absolute Gasteiger partial charge is 0.384 e. The maximum absolute atomic E-state index is 11.2. The molecule has 1 amide bonds. The van der Waals surface area contributed by atoms with Crippen LogP contribution in [0, 0.1) is 0 Å². The van der Waals surface area contributed by atoms with Gasteiger partial charge < -0.3 is 16.3 Å². The van der Waals surface area contributed by atoms with Crippen LogP contribution in [0.5, 0.6) is 0 Å². The van der Waals surface area contributed by atoms with Gasteiger partial charge in [0.1, 0.15) is 0 Å². The standard InChI is InChI=1S/C12H15N3O2/c13-11(16)8-1-2-10-9(5-8)12(6-14-10)3-4-15(17)7-12/h1-2,5,14,17H,3-4,6-7H2,(H2,13,16). The summed E-state index contributed by atoms with van der Waals surface area (Å²) in [6.45, 7) is 2.08. The second kappa shape index (κ2) is 3.45. The number of anilines is 1. The van der Waals surface area contributed by atoms with Crippen LogP contribution in [0.25, 0.3) is 0 Å². The first-order valence-corrected chi connectivity index (χ1v) is 5.73. The van der Waals surface area contributed by atoms with Gasteiger partial charge in [0.05, 0.1) is 0 Å². The van der Waals surface area contributed by atoms with Gasteiger partial charge in [0.2, 0.25) is 5.91 Å². The van der Waals surface area contributed by atoms with Crippen molar-refractivity contribution >= 4 is 11.6 Å². The molecule has 0 bridgehead atoms. The molecule has 3 rings (SSSR count). The lowest BCUT2D eigenvalue weighted by Crippen LogP contribution is -2.32. The van der Waals surface area contributed by atoms with Gasteiger partial charge in [-0.05, 0) is 30.2 Å². The Hall–Kier alpha value is -1.59. The molecule has 0 aliphatic carbocycles. The lowest BCUT2D eigenvalue weighted by molar-refractivity contribution is -0.0723. The van der Waals surface area contributed by atoms with Crippen LogP contribution in [0.3, 0.4) is 0 Å². The van der Waals surface area contributed by atoms with Gasteiger partial charge in [-0.3, -0.25) is 4.79 Å². The van der Waals surface area contributed by atoms with E-state index in [4.69, 9.17) is 5.73 Å². The van der Waals surface area contributed by atoms with Crippen LogP contribution < -0.4 is 11.1 Å². The summed E-state index contributed by atoms with van der Waals surface area (Å²) < 4.78 is 0. The number of carbonyl (C=O) groups is 1. The molecule has 17 heavy (non-hydrogen) atoms. The Kier molecular flexibility index (Phi) is 2.14. The highest BCUT2D eigenvalue weighted by Gasteiger charge is 2.44. The lowest BCUT2D eigenvalue weighted by atomic mass is 9.81. The molecule has 1 aromatic rings. The molecule has 1 unspecified atom stereocenters. The predicted molar refractivity (Wildman–Crippen MR) is 63.1 cm³/mol. The van der Waals surface area contributed by atoms with Crippen molar-refractivity contribution in [3.05, 3.63) is 29.3 Å². The normalized spacial score (nSPS) is 27.1. The summed E-state index contributed by atoms with van der Waals surface area (Å²) in [5.74, 6) is -0.409. The second-order valence-corrected chi connectivity index (χ2v) is 4.90. The van der Waals surface area contributed by atoms with Crippen molar-refractivity contribution in [1.82, 2.24) is 5.06 Å². The van der Waals surface area contributed by atoms with Gasteiger partial charge in [-0.1, -0.05) is 0 Å². The van der Waals surface area contributed by atoms with Crippen LogP contribution in [-0.2, 0) is 5.41 Å². The third kappa shape index (κ3) is 1.50. The Balaban J connectivity index is 2.06. The Labute approximate surface area is 99.2 Å². The van der Waals surface area contributed by atoms with Crippen LogP contribution in [0.4, 0.5) is 5.69 Å². The molecule has 0 radical (unpaired) electrons. The van der Waals surface area contributed by atoms with E-state index in [2.05, 4.69) is 5.32 Å². The molecule has 0 saturated carbocycles. The quantitative estimate of drug-likeness (QED) is 0.661. The molecule has 1 saturated heterocycles. The summed E-state index contributed by atoms with van der Waals surface area (Å²) >= 11 is 0. The molecule has 5 heteroatoms. The molecule has 1 spiro atoms. The number of hydrogen-bond acceptors (Lipinski definition) is 4. The van der Waals surface area contributed by atoms with Crippen LogP contribution >= 0.6 is 0 Å². The summed E-state index contributed by atoms with van der Waals surface area (Å²) in [6.07, 6.45) is 0.895. The average Bonchev–Trinajstić information content (AvgIpc) is 2.85. The van der Waals surface area contributed by atoms with Crippen LogP contribution in [-0.4, -0.2) is 35.8 Å². The number of nitrogens with zero attached hydrogens (tertiary/aromatic N) is 1. The van der Waals surface area contributed by atoms with Gasteiger partial charge in [0.15, 0.2) is 0 Å². The third-order valence-corrected chi connectivity index (χ3v) is 3.83. The number of primary amides is 1. The molecule has 1 aromatic carbocycles. The van der Waals surface area contributed by atoms with Crippen molar-refractivity contribution in [3.8, 4) is 0 Å². The zero-order chi connectivity index (χ0) is 12.0. The van der Waals surface area contributed by atoms with Gasteiger partial charge in [0, 0.05) is 36.3 Å². The van der Waals surface area contributed by atoms with E-state index in [0.717, 1.165) is 24.2 Å². The Morgan fingerprint density at radius 3 is 3.00 bits per heavy atom. The van der Waals surface area contributed by atoms with Crippen molar-refractivity contribution in [1.29, 1.82) is 0 Å². The fourth-order valence-electron chi connectivity index (χ4n) is 2.86. The summed E-state index contributed by atoms with van der Waals surface area (Å²) in [5.41, 5.74) is 7.91. The highest BCUT2D eigenvalue weighted by molar-refractivity contribution is 5.93. The molecule has 4 N–H and O–H groups in total. The Morgan fingerprint density at radius 2 is 2.35 bits per heavy atom. The Bertz CT molecular complexity index is 485. The molecule has 1 fully saturated rings. The number of hydroxylamine groups is 2. The first kappa shape index (κ1) is 10.6. The van der Waals surface area contributed by atoms with Crippen molar-refractivity contribution in [2.24, 2.45) is 5.73 Å². The molecule has 5 nitrogen and oxygen atoms in total. The monoisotopic (exact) mass is 233 g/mol. The number of nitrogens with two attached hydrogens (primary N) is 1. The molecule has 2 aliphatic heterocycles. The highest BCUT2D eigenvalue weighted by Crippen LogP contribution is 2.43. The second-order valence-electron chi connectivity index (χ2n) is 4.90. The minimum absolute atomic E-state index is 0.0739. The summed E-state index contributed by atoms with van der Waals surface area (Å²) in [7, 11) is 0. The number of carbonyl (C=O) groups excluding carboxylic acids is 1. The first-order valence-electron chi connectivity index (χ1n) is 5.73. The lowest BCUT2D eigenvalue weighted by Gasteiger charge is -2.22. The van der Waals surface area contributed by atoms with Crippen LogP contribution in [0.15, 0.2) is 18.2 Å². The zero-order valence-corrected chi connectivity index (χ0v) is 9.44. The molecule has 90 valence electrons. The minimum atomic E-state index is -0.409. The van der Waals surface area contributed by atoms with Gasteiger partial charge in [-0.2, -0.15) is 5.06 Å². The fourth-order valence-corrected chi connectivity index (χ4v) is 2.86. The van der Waals surface area contributed by atoms with E-state index in [1.54, 1.807) is 6.07 Å². The van der Waals surface area contributed by atoms with Crippen LogP contribution in [0.2, 0.25) is 0 Å². The fraction of sp³-hybridized carbons (Fsp3) is 0.417. The van der Waals surface area contributed by atoms with Crippen molar-refractivity contribution in [2.45, 2.75) is 11.8 Å². The van der Waals surface area contributed by atoms with Crippen molar-refractivity contribution in [2.75, 3.05) is 25.0 Å². The van der Waals surface area contributed by atoms with Crippen LogP contribution in [0.1, 0.15) is 22.3 Å². The maximum Gasteiger partial charge on any atom is 0.248 e. The topological polar surface area (TPSA) is 78.6 Å². The average molecular weight is 233 g/mol. The molecular formula is C12H15N3O2. The summed E-state index contributed by atoms with van der Waals surface area (Å²) in [4.78, 5) is 11.2. The van der Waals surface area contributed by atoms with E-state index in [1.807, 2.05) is 12.1 Å². The maximum atomic E-state index is 11.2. The highest BCUT2D eigenvalue weighted by atomic mass is 16.5. The SMILES string of the molecule is NC(=O)c1ccc2c(c1)C1(CCN(O)C1)CN2. The first-order chi connectivity index (χ1) is 8.11. The molecule has 0 aromatic heterocycles. The van der Waals surface area contributed by atoms with E-state index in [1.165, 1.54) is 5.06 Å². The zero-order valence-electron chi connectivity index (χ0n) is 9.44. The molecule has 2 aliphatic rings. The van der Waals surface area contributed by atoms with Gasteiger partial charge in [-0.15, -0.1) is 0 Å². The number of hydrogen-bond donors (Lipinski definition) is 3. The summed E-state index contributed by atoms with van der Waals surface area (Å²) in [6, 6.07) is 5.49. The van der Waals surface area contributed by atoms with E-state index < -0.39 is 5.91 Å². The predicted octanol–water partition coefficient (Wildman–Crippen LogP) is 0.544. The van der Waals surface area contributed by atoms with Gasteiger partial charge >= 0.3 is 0 Å². The van der Waals surface area contributed by atoms with E-state index in [-0.39, 0.29) is 5.41 Å². The molecule has 1 atom stereocenters. The number of benzene rings is 1. The number of rotatable bonds is 1. The van der Waals surface area contributed by atoms with Gasteiger partial charge in [-0.25, -0.2) is 0 Å². The van der Waals surface area contributed by atoms with E-state index in [0.29, 0.717) is 18.7 Å². The number of nitrogens with one attached hydrogen (secondary N) is 1. The van der Waals surface area contributed by atoms with E-state index >= 15 is 0 Å². The van der Waals surface area contributed by atoms with Crippen molar-refractivity contribution < 1.29 is 10.0 Å². The van der Waals surface area contributed by atoms with Crippen molar-refractivity contribution in [3.63, 3.8) is 0 Å². The van der Waals surface area contributed by atoms with E-state index in [9.17, 15) is 10.0 Å². The Morgan fingerprint density at radius 1 is 1.53 bits per heavy atom. The number of amides is 1. The number of fused-ring (bicyclic) bond motifs is 2. The summed E-state index contributed by atoms with van der Waals surface area (Å²) in [5, 5.41) is 14.2. The molecular weight excluding hydrogens is 218 g/mol. The van der Waals surface area contributed by atoms with Gasteiger partial charge in [0.25, 0.3) is 0 Å². The minimum Gasteiger partial charge on any atom is -0.384 e. The smallest absolute Gasteiger partial charge is 0.248 e.